The monoisotopic (exact) mass is 375 g/mol. The molecule has 0 spiro atoms. The molecule has 0 unspecified atom stereocenters. The molecule has 0 fully saturated rings. The summed E-state index contributed by atoms with van der Waals surface area (Å²) in [6.45, 7) is 0. The van der Waals surface area contributed by atoms with E-state index >= 15 is 0 Å². The van der Waals surface area contributed by atoms with Crippen molar-refractivity contribution in [1.29, 1.82) is 0 Å². The Morgan fingerprint density at radius 3 is 1.48 bits per heavy atom. The SMILES string of the molecule is NC(=O)CCCCSC(c1ccccc1)(c1ccccc1)c1ccccc1. The van der Waals surface area contributed by atoms with Crippen LogP contribution in [0.1, 0.15) is 36.0 Å². The molecule has 0 saturated carbocycles. The van der Waals surface area contributed by atoms with Gasteiger partial charge in [-0.05, 0) is 35.3 Å². The van der Waals surface area contributed by atoms with Gasteiger partial charge >= 0.3 is 0 Å². The van der Waals surface area contributed by atoms with Gasteiger partial charge in [-0.15, -0.1) is 11.8 Å². The fourth-order valence-electron chi connectivity index (χ4n) is 3.40. The molecule has 0 heterocycles. The van der Waals surface area contributed by atoms with Gasteiger partial charge in [0, 0.05) is 6.42 Å². The maximum absolute atomic E-state index is 11.0. The molecular weight excluding hydrogens is 350 g/mol. The number of nitrogens with two attached hydrogens (primary N) is 1. The molecule has 0 radical (unpaired) electrons. The lowest BCUT2D eigenvalue weighted by atomic mass is 9.84. The molecule has 0 bridgehead atoms. The van der Waals surface area contributed by atoms with Crippen LogP contribution in [-0.4, -0.2) is 11.7 Å². The Labute approximate surface area is 165 Å². The molecule has 2 nitrogen and oxygen atoms in total. The van der Waals surface area contributed by atoms with Crippen LogP contribution in [0.3, 0.4) is 0 Å². The first-order valence-electron chi connectivity index (χ1n) is 9.32. The Morgan fingerprint density at radius 2 is 1.11 bits per heavy atom. The largest absolute Gasteiger partial charge is 0.370 e. The van der Waals surface area contributed by atoms with Crippen molar-refractivity contribution in [2.24, 2.45) is 5.73 Å². The number of carbonyl (C=O) groups is 1. The number of unbranched alkanes of at least 4 members (excludes halogenated alkanes) is 1. The first kappa shape index (κ1) is 19.2. The first-order valence-corrected chi connectivity index (χ1v) is 10.3. The van der Waals surface area contributed by atoms with E-state index in [0.717, 1.165) is 18.6 Å². The van der Waals surface area contributed by atoms with Gasteiger partial charge < -0.3 is 5.73 Å². The number of benzene rings is 3. The molecule has 2 N–H and O–H groups in total. The molecule has 138 valence electrons. The van der Waals surface area contributed by atoms with Crippen molar-refractivity contribution in [3.05, 3.63) is 108 Å². The molecule has 0 atom stereocenters. The lowest BCUT2D eigenvalue weighted by Gasteiger charge is -2.35. The Morgan fingerprint density at radius 1 is 0.704 bits per heavy atom. The summed E-state index contributed by atoms with van der Waals surface area (Å²) in [5.74, 6) is 0.729. The summed E-state index contributed by atoms with van der Waals surface area (Å²) >= 11 is 1.93. The van der Waals surface area contributed by atoms with E-state index < -0.39 is 0 Å². The lowest BCUT2D eigenvalue weighted by molar-refractivity contribution is -0.118. The second-order valence-electron chi connectivity index (χ2n) is 6.55. The van der Waals surface area contributed by atoms with Crippen molar-refractivity contribution in [3.63, 3.8) is 0 Å². The van der Waals surface area contributed by atoms with E-state index in [1.54, 1.807) is 0 Å². The molecule has 3 aromatic rings. The molecule has 3 rings (SSSR count). The molecule has 3 aromatic carbocycles. The zero-order valence-electron chi connectivity index (χ0n) is 15.4. The summed E-state index contributed by atoms with van der Waals surface area (Å²) in [7, 11) is 0. The molecule has 0 aromatic heterocycles. The van der Waals surface area contributed by atoms with Crippen molar-refractivity contribution in [1.82, 2.24) is 0 Å². The third-order valence-electron chi connectivity index (χ3n) is 4.68. The van der Waals surface area contributed by atoms with Crippen LogP contribution in [0.4, 0.5) is 0 Å². The minimum Gasteiger partial charge on any atom is -0.370 e. The zero-order valence-corrected chi connectivity index (χ0v) is 16.2. The molecule has 0 aliphatic rings. The fourth-order valence-corrected chi connectivity index (χ4v) is 4.96. The maximum Gasteiger partial charge on any atom is 0.217 e. The predicted octanol–water partition coefficient (Wildman–Crippen LogP) is 5.37. The van der Waals surface area contributed by atoms with Gasteiger partial charge in [-0.2, -0.15) is 0 Å². The average Bonchev–Trinajstić information content (AvgIpc) is 2.73. The summed E-state index contributed by atoms with van der Waals surface area (Å²) < 4.78 is -0.281. The highest BCUT2D eigenvalue weighted by molar-refractivity contribution is 8.00. The van der Waals surface area contributed by atoms with Crippen LogP contribution in [0, 0.1) is 0 Å². The predicted molar refractivity (Wildman–Crippen MR) is 115 cm³/mol. The number of amides is 1. The second-order valence-corrected chi connectivity index (χ2v) is 7.86. The van der Waals surface area contributed by atoms with Crippen LogP contribution in [0.5, 0.6) is 0 Å². The molecule has 3 heteroatoms. The molecular formula is C24H25NOS. The lowest BCUT2D eigenvalue weighted by Crippen LogP contribution is -2.26. The van der Waals surface area contributed by atoms with E-state index in [1.165, 1.54) is 16.7 Å². The van der Waals surface area contributed by atoms with Crippen LogP contribution >= 0.6 is 11.8 Å². The smallest absolute Gasteiger partial charge is 0.217 e. The van der Waals surface area contributed by atoms with Crippen LogP contribution in [0.25, 0.3) is 0 Å². The third kappa shape index (κ3) is 4.61. The van der Waals surface area contributed by atoms with Gasteiger partial charge in [0.05, 0.1) is 4.75 Å². The van der Waals surface area contributed by atoms with Crippen LogP contribution in [0.15, 0.2) is 91.0 Å². The number of carbonyl (C=O) groups excluding carboxylic acids is 1. The van der Waals surface area contributed by atoms with Gasteiger partial charge in [-0.3, -0.25) is 4.79 Å². The summed E-state index contributed by atoms with van der Waals surface area (Å²) in [6, 6.07) is 32.0. The van der Waals surface area contributed by atoms with Gasteiger partial charge in [-0.25, -0.2) is 0 Å². The Balaban J connectivity index is 2.02. The first-order chi connectivity index (χ1) is 13.2. The molecule has 27 heavy (non-hydrogen) atoms. The van der Waals surface area contributed by atoms with Crippen LogP contribution < -0.4 is 5.73 Å². The molecule has 1 amide bonds. The Bertz CT molecular complexity index is 737. The van der Waals surface area contributed by atoms with Crippen molar-refractivity contribution in [3.8, 4) is 0 Å². The van der Waals surface area contributed by atoms with Gasteiger partial charge in [0.25, 0.3) is 0 Å². The van der Waals surface area contributed by atoms with Crippen molar-refractivity contribution >= 4 is 17.7 Å². The normalized spacial score (nSPS) is 11.3. The summed E-state index contributed by atoms with van der Waals surface area (Å²) in [5.41, 5.74) is 9.09. The van der Waals surface area contributed by atoms with Crippen molar-refractivity contribution in [2.45, 2.75) is 24.0 Å². The summed E-state index contributed by atoms with van der Waals surface area (Å²) in [5, 5.41) is 0. The summed E-state index contributed by atoms with van der Waals surface area (Å²) in [6.07, 6.45) is 2.24. The molecule has 0 aliphatic heterocycles. The summed E-state index contributed by atoms with van der Waals surface area (Å²) in [4.78, 5) is 11.0. The Hall–Kier alpha value is -2.52. The highest BCUT2D eigenvalue weighted by Crippen LogP contribution is 2.48. The second kappa shape index (κ2) is 9.43. The fraction of sp³-hybridized carbons (Fsp3) is 0.208. The van der Waals surface area contributed by atoms with Crippen molar-refractivity contribution < 1.29 is 4.79 Å². The van der Waals surface area contributed by atoms with Crippen LogP contribution in [-0.2, 0) is 9.54 Å². The van der Waals surface area contributed by atoms with Gasteiger partial charge in [0.2, 0.25) is 5.91 Å². The minimum atomic E-state index is -0.281. The average molecular weight is 376 g/mol. The van der Waals surface area contributed by atoms with Gasteiger partial charge in [-0.1, -0.05) is 91.0 Å². The highest BCUT2D eigenvalue weighted by atomic mass is 32.2. The van der Waals surface area contributed by atoms with Gasteiger partial charge in [0.15, 0.2) is 0 Å². The molecule has 0 saturated heterocycles. The van der Waals surface area contributed by atoms with E-state index in [0.29, 0.717) is 6.42 Å². The standard InChI is InChI=1S/C24H25NOS/c25-23(26)18-10-11-19-27-24(20-12-4-1-5-13-20,21-14-6-2-7-15-21)22-16-8-3-9-17-22/h1-9,12-17H,10-11,18-19H2,(H2,25,26). The Kier molecular flexibility index (Phi) is 6.72. The number of hydrogen-bond donors (Lipinski definition) is 1. The van der Waals surface area contributed by atoms with Crippen LogP contribution in [0.2, 0.25) is 0 Å². The zero-order chi connectivity index (χ0) is 19.0. The number of rotatable bonds is 9. The van der Waals surface area contributed by atoms with E-state index in [-0.39, 0.29) is 10.7 Å². The van der Waals surface area contributed by atoms with E-state index in [2.05, 4.69) is 91.0 Å². The highest BCUT2D eigenvalue weighted by Gasteiger charge is 2.36. The minimum absolute atomic E-state index is 0.222. The number of hydrogen-bond acceptors (Lipinski definition) is 2. The number of primary amides is 1. The van der Waals surface area contributed by atoms with Gasteiger partial charge in [0.1, 0.15) is 0 Å². The van der Waals surface area contributed by atoms with E-state index in [4.69, 9.17) is 5.73 Å². The third-order valence-corrected chi connectivity index (χ3v) is 6.31. The van der Waals surface area contributed by atoms with Crippen molar-refractivity contribution in [2.75, 3.05) is 5.75 Å². The topological polar surface area (TPSA) is 43.1 Å². The molecule has 0 aliphatic carbocycles. The maximum atomic E-state index is 11.0. The number of thioether (sulfide) groups is 1. The van der Waals surface area contributed by atoms with E-state index in [1.807, 2.05) is 11.8 Å². The van der Waals surface area contributed by atoms with E-state index in [9.17, 15) is 4.79 Å². The quantitative estimate of drug-likeness (QED) is 0.404.